The number of amides is 1. The minimum atomic E-state index is -0.218. The fourth-order valence-corrected chi connectivity index (χ4v) is 2.65. The van der Waals surface area contributed by atoms with E-state index in [0.717, 1.165) is 38.6 Å². The van der Waals surface area contributed by atoms with Gasteiger partial charge in [0.1, 0.15) is 6.10 Å². The molecule has 92 valence electrons. The van der Waals surface area contributed by atoms with Gasteiger partial charge in [-0.3, -0.25) is 4.79 Å². The molecule has 0 aromatic heterocycles. The van der Waals surface area contributed by atoms with Gasteiger partial charge in [-0.05, 0) is 44.9 Å². The molecule has 1 aliphatic carbocycles. The van der Waals surface area contributed by atoms with Crippen molar-refractivity contribution in [2.24, 2.45) is 11.7 Å². The summed E-state index contributed by atoms with van der Waals surface area (Å²) in [6.07, 6.45) is 5.15. The topological polar surface area (TPSA) is 64.4 Å². The van der Waals surface area contributed by atoms with Crippen molar-refractivity contribution in [2.75, 3.05) is 6.54 Å². The predicted octanol–water partition coefficient (Wildman–Crippen LogP) is 0.797. The Morgan fingerprint density at radius 1 is 1.38 bits per heavy atom. The van der Waals surface area contributed by atoms with Gasteiger partial charge in [-0.2, -0.15) is 0 Å². The number of nitrogens with two attached hydrogens (primary N) is 1. The van der Waals surface area contributed by atoms with E-state index in [9.17, 15) is 4.79 Å². The molecule has 4 nitrogen and oxygen atoms in total. The second-order valence-electron chi connectivity index (χ2n) is 5.20. The molecule has 0 radical (unpaired) electrons. The quantitative estimate of drug-likeness (QED) is 0.748. The second kappa shape index (κ2) is 5.15. The van der Waals surface area contributed by atoms with Gasteiger partial charge in [0.25, 0.3) is 0 Å². The van der Waals surface area contributed by atoms with Crippen LogP contribution in [0.15, 0.2) is 0 Å². The molecule has 2 aliphatic rings. The molecule has 0 aromatic rings. The van der Waals surface area contributed by atoms with Gasteiger partial charge in [0.05, 0.1) is 6.10 Å². The Hall–Kier alpha value is -0.610. The minimum Gasteiger partial charge on any atom is -0.365 e. The number of hydrogen-bond acceptors (Lipinski definition) is 3. The van der Waals surface area contributed by atoms with Crippen molar-refractivity contribution in [3.05, 3.63) is 0 Å². The van der Waals surface area contributed by atoms with E-state index in [0.29, 0.717) is 12.0 Å². The van der Waals surface area contributed by atoms with Crippen LogP contribution < -0.4 is 11.1 Å². The molecule has 4 heteroatoms. The number of carbonyl (C=O) groups is 1. The molecular weight excluding hydrogens is 204 g/mol. The molecule has 1 saturated heterocycles. The van der Waals surface area contributed by atoms with E-state index >= 15 is 0 Å². The van der Waals surface area contributed by atoms with Gasteiger partial charge in [-0.25, -0.2) is 0 Å². The number of ether oxygens (including phenoxy) is 1. The monoisotopic (exact) mass is 226 g/mol. The normalized spacial score (nSPS) is 38.9. The maximum Gasteiger partial charge on any atom is 0.249 e. The molecule has 4 atom stereocenters. The van der Waals surface area contributed by atoms with Crippen molar-refractivity contribution < 1.29 is 9.53 Å². The van der Waals surface area contributed by atoms with Crippen LogP contribution in [0.4, 0.5) is 0 Å². The Morgan fingerprint density at radius 3 is 2.75 bits per heavy atom. The highest BCUT2D eigenvalue weighted by atomic mass is 16.5. The van der Waals surface area contributed by atoms with Gasteiger partial charge in [0.15, 0.2) is 0 Å². The van der Waals surface area contributed by atoms with E-state index < -0.39 is 0 Å². The van der Waals surface area contributed by atoms with E-state index in [-0.39, 0.29) is 18.1 Å². The van der Waals surface area contributed by atoms with Gasteiger partial charge in [0, 0.05) is 12.6 Å². The zero-order chi connectivity index (χ0) is 11.5. The summed E-state index contributed by atoms with van der Waals surface area (Å²) in [6.45, 7) is 2.78. The third-order valence-electron chi connectivity index (χ3n) is 3.67. The molecule has 4 unspecified atom stereocenters. The highest BCUT2D eigenvalue weighted by Gasteiger charge is 2.29. The van der Waals surface area contributed by atoms with Crippen LogP contribution >= 0.6 is 0 Å². The first kappa shape index (κ1) is 11.9. The first-order valence-electron chi connectivity index (χ1n) is 6.34. The van der Waals surface area contributed by atoms with Crippen molar-refractivity contribution in [2.45, 2.75) is 57.3 Å². The summed E-state index contributed by atoms with van der Waals surface area (Å²) in [4.78, 5) is 11.8. The minimum absolute atomic E-state index is 0.0600. The summed E-state index contributed by atoms with van der Waals surface area (Å²) < 4.78 is 5.52. The van der Waals surface area contributed by atoms with Gasteiger partial charge in [-0.15, -0.1) is 0 Å². The zero-order valence-corrected chi connectivity index (χ0v) is 9.95. The lowest BCUT2D eigenvalue weighted by molar-refractivity contribution is -0.131. The molecule has 1 aliphatic heterocycles. The molecule has 2 fully saturated rings. The van der Waals surface area contributed by atoms with E-state index in [2.05, 4.69) is 5.32 Å². The fraction of sp³-hybridized carbons (Fsp3) is 0.917. The van der Waals surface area contributed by atoms with Crippen molar-refractivity contribution in [3.8, 4) is 0 Å². The molecule has 0 aromatic carbocycles. The van der Waals surface area contributed by atoms with Crippen LogP contribution in [0.5, 0.6) is 0 Å². The summed E-state index contributed by atoms with van der Waals surface area (Å²) in [5.41, 5.74) is 5.83. The smallest absolute Gasteiger partial charge is 0.249 e. The molecule has 1 saturated carbocycles. The Kier molecular flexibility index (Phi) is 3.82. The van der Waals surface area contributed by atoms with Crippen molar-refractivity contribution in [1.29, 1.82) is 0 Å². The van der Waals surface area contributed by atoms with E-state index in [1.54, 1.807) is 0 Å². The summed E-state index contributed by atoms with van der Waals surface area (Å²) in [5, 5.41) is 2.99. The molecule has 2 rings (SSSR count). The summed E-state index contributed by atoms with van der Waals surface area (Å²) >= 11 is 0. The van der Waals surface area contributed by atoms with Crippen LogP contribution in [0.1, 0.15) is 39.0 Å². The first-order valence-corrected chi connectivity index (χ1v) is 6.34. The molecular formula is C12H22N2O2. The Morgan fingerprint density at radius 2 is 2.19 bits per heavy atom. The van der Waals surface area contributed by atoms with Crippen LogP contribution in [-0.2, 0) is 9.53 Å². The zero-order valence-electron chi connectivity index (χ0n) is 9.95. The molecule has 0 spiro atoms. The van der Waals surface area contributed by atoms with Crippen LogP contribution in [0.2, 0.25) is 0 Å². The third kappa shape index (κ3) is 2.95. The Labute approximate surface area is 96.9 Å². The van der Waals surface area contributed by atoms with Crippen molar-refractivity contribution in [1.82, 2.24) is 5.32 Å². The number of carbonyl (C=O) groups excluding carboxylic acids is 1. The van der Waals surface area contributed by atoms with Gasteiger partial charge >= 0.3 is 0 Å². The predicted molar refractivity (Wildman–Crippen MR) is 61.9 cm³/mol. The van der Waals surface area contributed by atoms with Gasteiger partial charge in [0.2, 0.25) is 5.91 Å². The standard InChI is InChI=1S/C12H22N2O2/c1-8-2-5-11(16-8)12(15)14-7-9-3-4-10(13)6-9/h8-11H,2-7,13H2,1H3,(H,14,15). The van der Waals surface area contributed by atoms with Crippen LogP contribution in [0.25, 0.3) is 0 Å². The summed E-state index contributed by atoms with van der Waals surface area (Å²) in [6, 6.07) is 0.338. The Balaban J connectivity index is 1.68. The van der Waals surface area contributed by atoms with Crippen molar-refractivity contribution >= 4 is 5.91 Å². The molecule has 1 heterocycles. The lowest BCUT2D eigenvalue weighted by atomic mass is 10.1. The second-order valence-corrected chi connectivity index (χ2v) is 5.20. The third-order valence-corrected chi connectivity index (χ3v) is 3.67. The number of nitrogens with one attached hydrogen (secondary N) is 1. The number of hydrogen-bond donors (Lipinski definition) is 2. The molecule has 16 heavy (non-hydrogen) atoms. The van der Waals surface area contributed by atoms with Crippen LogP contribution in [0, 0.1) is 5.92 Å². The largest absolute Gasteiger partial charge is 0.365 e. The molecule has 1 amide bonds. The maximum absolute atomic E-state index is 11.8. The van der Waals surface area contributed by atoms with Crippen LogP contribution in [0.3, 0.4) is 0 Å². The Bertz CT molecular complexity index is 257. The molecule has 3 N–H and O–H groups in total. The average molecular weight is 226 g/mol. The van der Waals surface area contributed by atoms with Gasteiger partial charge in [-0.1, -0.05) is 0 Å². The average Bonchev–Trinajstić information content (AvgIpc) is 2.84. The summed E-state index contributed by atoms with van der Waals surface area (Å²) in [7, 11) is 0. The SMILES string of the molecule is CC1CCC(C(=O)NCC2CCC(N)C2)O1. The van der Waals surface area contributed by atoms with Crippen LogP contribution in [-0.4, -0.2) is 30.7 Å². The number of rotatable bonds is 3. The highest BCUT2D eigenvalue weighted by molar-refractivity contribution is 5.81. The van der Waals surface area contributed by atoms with E-state index in [1.807, 2.05) is 6.92 Å². The van der Waals surface area contributed by atoms with E-state index in [1.165, 1.54) is 0 Å². The molecule has 0 bridgehead atoms. The van der Waals surface area contributed by atoms with Gasteiger partial charge < -0.3 is 15.8 Å². The summed E-state index contributed by atoms with van der Waals surface area (Å²) in [5.74, 6) is 0.627. The van der Waals surface area contributed by atoms with E-state index in [4.69, 9.17) is 10.5 Å². The van der Waals surface area contributed by atoms with Crippen molar-refractivity contribution in [3.63, 3.8) is 0 Å². The lowest BCUT2D eigenvalue weighted by Gasteiger charge is -2.14. The lowest BCUT2D eigenvalue weighted by Crippen LogP contribution is -2.37. The first-order chi connectivity index (χ1) is 7.65. The highest BCUT2D eigenvalue weighted by Crippen LogP contribution is 2.23. The maximum atomic E-state index is 11.8. The fourth-order valence-electron chi connectivity index (χ4n) is 2.65.